The number of ketones is 1. The second-order valence-electron chi connectivity index (χ2n) is 3.33. The zero-order valence-corrected chi connectivity index (χ0v) is 8.45. The topological polar surface area (TPSA) is 67.5 Å². The molecule has 0 aliphatic carbocycles. The van der Waals surface area contributed by atoms with Gasteiger partial charge in [-0.15, -0.1) is 0 Å². The maximum absolute atomic E-state index is 11.7. The lowest BCUT2D eigenvalue weighted by Crippen LogP contribution is -2.23. The van der Waals surface area contributed by atoms with Gasteiger partial charge < -0.3 is 11.1 Å². The van der Waals surface area contributed by atoms with Crippen molar-refractivity contribution in [2.24, 2.45) is 16.6 Å². The molecule has 0 aromatic rings. The lowest BCUT2D eigenvalue weighted by Gasteiger charge is -2.12. The minimum absolute atomic E-state index is 0.0439. The fraction of sp³-hybridized carbons (Fsp3) is 0.400. The quantitative estimate of drug-likeness (QED) is 0.644. The Kier molecular flexibility index (Phi) is 3.59. The Labute approximate surface area is 83.6 Å². The third-order valence-corrected chi connectivity index (χ3v) is 1.92. The molecule has 0 spiro atoms. The van der Waals surface area contributed by atoms with Gasteiger partial charge in [0.25, 0.3) is 0 Å². The maximum atomic E-state index is 11.7. The van der Waals surface area contributed by atoms with Crippen molar-refractivity contribution in [3.8, 4) is 0 Å². The highest BCUT2D eigenvalue weighted by atomic mass is 16.1. The minimum Gasteiger partial charge on any atom is -0.346 e. The molecule has 0 saturated carbocycles. The molecule has 0 bridgehead atoms. The molecule has 1 aliphatic rings. The minimum atomic E-state index is -0.0519. The van der Waals surface area contributed by atoms with E-state index in [-0.39, 0.29) is 18.2 Å². The van der Waals surface area contributed by atoms with Gasteiger partial charge in [-0.1, -0.05) is 13.8 Å². The first-order valence-corrected chi connectivity index (χ1v) is 4.60. The third kappa shape index (κ3) is 2.29. The van der Waals surface area contributed by atoms with E-state index >= 15 is 0 Å². The van der Waals surface area contributed by atoms with E-state index in [9.17, 15) is 4.79 Å². The first kappa shape index (κ1) is 10.7. The van der Waals surface area contributed by atoms with Gasteiger partial charge in [0.05, 0.1) is 5.57 Å². The summed E-state index contributed by atoms with van der Waals surface area (Å²) >= 11 is 0. The van der Waals surface area contributed by atoms with Crippen LogP contribution in [0.4, 0.5) is 0 Å². The van der Waals surface area contributed by atoms with Crippen LogP contribution >= 0.6 is 0 Å². The van der Waals surface area contributed by atoms with Gasteiger partial charge in [0, 0.05) is 24.9 Å². The predicted molar refractivity (Wildman–Crippen MR) is 56.7 cm³/mol. The molecule has 1 heterocycles. The molecule has 0 amide bonds. The Morgan fingerprint density at radius 1 is 1.64 bits per heavy atom. The van der Waals surface area contributed by atoms with Crippen molar-refractivity contribution in [2.45, 2.75) is 13.8 Å². The van der Waals surface area contributed by atoms with E-state index in [1.54, 1.807) is 18.5 Å². The summed E-state index contributed by atoms with van der Waals surface area (Å²) in [5.41, 5.74) is 6.08. The number of hydrogen-bond donors (Lipinski definition) is 2. The molecule has 0 fully saturated rings. The van der Waals surface area contributed by atoms with Gasteiger partial charge in [-0.3, -0.25) is 4.79 Å². The molecule has 4 nitrogen and oxygen atoms in total. The summed E-state index contributed by atoms with van der Waals surface area (Å²) < 4.78 is 0. The fourth-order valence-electron chi connectivity index (χ4n) is 1.15. The Bertz CT molecular complexity index is 313. The van der Waals surface area contributed by atoms with E-state index in [0.717, 1.165) is 0 Å². The average Bonchev–Trinajstić information content (AvgIpc) is 2.20. The van der Waals surface area contributed by atoms with Crippen LogP contribution < -0.4 is 11.1 Å². The summed E-state index contributed by atoms with van der Waals surface area (Å²) in [6, 6.07) is 0. The number of nitrogens with zero attached hydrogens (tertiary/aromatic N) is 1. The lowest BCUT2D eigenvalue weighted by atomic mass is 10.0. The highest BCUT2D eigenvalue weighted by molar-refractivity contribution is 5.98. The van der Waals surface area contributed by atoms with Gasteiger partial charge in [-0.05, 0) is 6.08 Å². The second kappa shape index (κ2) is 4.72. The molecular weight excluding hydrogens is 178 g/mol. The molecule has 0 aromatic carbocycles. The third-order valence-electron chi connectivity index (χ3n) is 1.92. The highest BCUT2D eigenvalue weighted by Gasteiger charge is 2.16. The van der Waals surface area contributed by atoms with Crippen LogP contribution in [-0.2, 0) is 4.79 Å². The summed E-state index contributed by atoms with van der Waals surface area (Å²) in [5, 5.41) is 2.91. The van der Waals surface area contributed by atoms with E-state index in [4.69, 9.17) is 5.73 Å². The van der Waals surface area contributed by atoms with Gasteiger partial charge in [-0.2, -0.15) is 0 Å². The fourth-order valence-corrected chi connectivity index (χ4v) is 1.15. The van der Waals surface area contributed by atoms with Crippen molar-refractivity contribution in [2.75, 3.05) is 6.54 Å². The summed E-state index contributed by atoms with van der Waals surface area (Å²) in [5.74, 6) is 0.556. The molecular formula is C10H15N3O. The van der Waals surface area contributed by atoms with Crippen molar-refractivity contribution in [1.29, 1.82) is 0 Å². The predicted octanol–water partition coefficient (Wildman–Crippen LogP) is 0.570. The number of carbonyl (C=O) groups is 1. The molecule has 0 unspecified atom stereocenters. The number of aliphatic imine (C=N–C) groups is 1. The van der Waals surface area contributed by atoms with Crippen molar-refractivity contribution >= 4 is 12.0 Å². The SMILES string of the molecule is CC(C)C(=O)/C(CN)=C1\N=CC=CN1. The number of hydrogen-bond acceptors (Lipinski definition) is 4. The molecule has 0 atom stereocenters. The van der Waals surface area contributed by atoms with E-state index in [0.29, 0.717) is 11.4 Å². The Morgan fingerprint density at radius 2 is 2.36 bits per heavy atom. The van der Waals surface area contributed by atoms with Crippen molar-refractivity contribution in [1.82, 2.24) is 5.32 Å². The summed E-state index contributed by atoms with van der Waals surface area (Å²) in [7, 11) is 0. The second-order valence-corrected chi connectivity index (χ2v) is 3.33. The molecule has 76 valence electrons. The summed E-state index contributed by atoms with van der Waals surface area (Å²) in [6.45, 7) is 3.91. The van der Waals surface area contributed by atoms with Crippen molar-refractivity contribution < 1.29 is 4.79 Å². The van der Waals surface area contributed by atoms with Crippen LogP contribution in [0.3, 0.4) is 0 Å². The number of nitrogens with two attached hydrogens (primary N) is 1. The van der Waals surface area contributed by atoms with Crippen molar-refractivity contribution in [3.63, 3.8) is 0 Å². The molecule has 14 heavy (non-hydrogen) atoms. The first-order chi connectivity index (χ1) is 6.66. The molecule has 4 heteroatoms. The number of carbonyl (C=O) groups excluding carboxylic acids is 1. The van der Waals surface area contributed by atoms with E-state index < -0.39 is 0 Å². The zero-order valence-electron chi connectivity index (χ0n) is 8.45. The Morgan fingerprint density at radius 3 is 2.79 bits per heavy atom. The molecule has 0 aromatic heterocycles. The number of nitrogens with one attached hydrogen (secondary N) is 1. The lowest BCUT2D eigenvalue weighted by molar-refractivity contribution is -0.118. The van der Waals surface area contributed by atoms with E-state index in [1.807, 2.05) is 13.8 Å². The van der Waals surface area contributed by atoms with Gasteiger partial charge in [0.2, 0.25) is 0 Å². The Balaban J connectivity index is 2.95. The molecule has 0 saturated heterocycles. The van der Waals surface area contributed by atoms with Gasteiger partial charge in [-0.25, -0.2) is 4.99 Å². The van der Waals surface area contributed by atoms with Gasteiger partial charge >= 0.3 is 0 Å². The molecule has 1 rings (SSSR count). The number of allylic oxidation sites excluding steroid dienone is 1. The normalized spacial score (nSPS) is 18.3. The van der Waals surface area contributed by atoms with Crippen molar-refractivity contribution in [3.05, 3.63) is 23.7 Å². The zero-order chi connectivity index (χ0) is 10.6. The van der Waals surface area contributed by atoms with Crippen LogP contribution in [0.25, 0.3) is 0 Å². The smallest absolute Gasteiger partial charge is 0.166 e. The summed E-state index contributed by atoms with van der Waals surface area (Å²) in [4.78, 5) is 15.8. The van der Waals surface area contributed by atoms with Crippen LogP contribution in [0.15, 0.2) is 28.7 Å². The Hall–Kier alpha value is -1.42. The molecule has 3 N–H and O–H groups in total. The van der Waals surface area contributed by atoms with Gasteiger partial charge in [0.1, 0.15) is 5.82 Å². The molecule has 0 radical (unpaired) electrons. The monoisotopic (exact) mass is 193 g/mol. The largest absolute Gasteiger partial charge is 0.346 e. The summed E-state index contributed by atoms with van der Waals surface area (Å²) in [6.07, 6.45) is 5.12. The number of rotatable bonds is 3. The maximum Gasteiger partial charge on any atom is 0.166 e. The number of Topliss-reactive ketones (excluding diaryl/α,β-unsaturated/α-hetero) is 1. The first-order valence-electron chi connectivity index (χ1n) is 4.60. The van der Waals surface area contributed by atoms with Crippen LogP contribution in [0.5, 0.6) is 0 Å². The van der Waals surface area contributed by atoms with E-state index in [2.05, 4.69) is 10.3 Å². The van der Waals surface area contributed by atoms with Crippen LogP contribution in [0.2, 0.25) is 0 Å². The highest BCUT2D eigenvalue weighted by Crippen LogP contribution is 2.10. The van der Waals surface area contributed by atoms with E-state index in [1.165, 1.54) is 0 Å². The van der Waals surface area contributed by atoms with Gasteiger partial charge in [0.15, 0.2) is 5.78 Å². The van der Waals surface area contributed by atoms with Crippen LogP contribution in [0.1, 0.15) is 13.8 Å². The standard InChI is InChI=1S/C10H15N3O/c1-7(2)9(14)8(6-11)10-12-4-3-5-13-10/h3-5,7,12H,6,11H2,1-2H3/b10-8-. The molecule has 1 aliphatic heterocycles. The average molecular weight is 193 g/mol. The van der Waals surface area contributed by atoms with Crippen LogP contribution in [-0.4, -0.2) is 18.5 Å². The van der Waals surface area contributed by atoms with Crippen LogP contribution in [0, 0.1) is 5.92 Å².